The molecule has 0 aliphatic carbocycles. The molecule has 1 amide bonds. The third-order valence-corrected chi connectivity index (χ3v) is 4.24. The summed E-state index contributed by atoms with van der Waals surface area (Å²) >= 11 is 0.874. The highest BCUT2D eigenvalue weighted by molar-refractivity contribution is 7.09. The van der Waals surface area contributed by atoms with Gasteiger partial charge >= 0.3 is 6.18 Å². The number of amides is 1. The number of benzene rings is 1. The Morgan fingerprint density at radius 3 is 2.79 bits per heavy atom. The predicted octanol–water partition coefficient (Wildman–Crippen LogP) is 3.50. The van der Waals surface area contributed by atoms with Crippen LogP contribution in [0, 0.1) is 0 Å². The molecule has 0 saturated carbocycles. The van der Waals surface area contributed by atoms with E-state index in [-0.39, 0.29) is 23.9 Å². The van der Waals surface area contributed by atoms with Gasteiger partial charge in [0.2, 0.25) is 5.91 Å². The number of hydrogen-bond donors (Lipinski definition) is 0. The van der Waals surface area contributed by atoms with Crippen molar-refractivity contribution in [3.63, 3.8) is 0 Å². The quantitative estimate of drug-likeness (QED) is 0.719. The van der Waals surface area contributed by atoms with Gasteiger partial charge in [-0.05, 0) is 12.1 Å². The molecule has 0 radical (unpaired) electrons. The first kappa shape index (κ1) is 16.4. The molecule has 2 heterocycles. The number of halogens is 3. The number of fused-ring (bicyclic) bond motifs is 1. The number of aromatic nitrogens is 2. The van der Waals surface area contributed by atoms with Crippen LogP contribution in [0.3, 0.4) is 0 Å². The Kier molecular flexibility index (Phi) is 4.27. The number of alkyl halides is 3. The monoisotopic (exact) mass is 355 g/mol. The standard InChI is InChI=1S/C15H12F3N3O2S/c1-21(7-13-19-12(8-24-13)15(16,17)18)14(22)6-10-9-4-2-3-5-11(9)23-20-10/h2-5,8H,6-7H2,1H3. The van der Waals surface area contributed by atoms with Crippen LogP contribution in [0.2, 0.25) is 0 Å². The average molecular weight is 355 g/mol. The maximum Gasteiger partial charge on any atom is 0.434 e. The van der Waals surface area contributed by atoms with Crippen molar-refractivity contribution in [2.45, 2.75) is 19.1 Å². The maximum absolute atomic E-state index is 12.5. The fraction of sp³-hybridized carbons (Fsp3) is 0.267. The van der Waals surface area contributed by atoms with Crippen LogP contribution in [-0.4, -0.2) is 28.0 Å². The van der Waals surface area contributed by atoms with Crippen molar-refractivity contribution in [2.24, 2.45) is 0 Å². The van der Waals surface area contributed by atoms with E-state index in [0.29, 0.717) is 11.3 Å². The first-order valence-electron chi connectivity index (χ1n) is 6.93. The van der Waals surface area contributed by atoms with Gasteiger partial charge in [-0.3, -0.25) is 4.79 Å². The number of nitrogens with zero attached hydrogens (tertiary/aromatic N) is 3. The van der Waals surface area contributed by atoms with Gasteiger partial charge in [0.1, 0.15) is 10.7 Å². The van der Waals surface area contributed by atoms with E-state index in [1.54, 1.807) is 18.2 Å². The van der Waals surface area contributed by atoms with Crippen molar-refractivity contribution in [1.29, 1.82) is 0 Å². The van der Waals surface area contributed by atoms with E-state index in [1.165, 1.54) is 11.9 Å². The summed E-state index contributed by atoms with van der Waals surface area (Å²) in [6, 6.07) is 7.15. The van der Waals surface area contributed by atoms with Crippen LogP contribution in [0.1, 0.15) is 16.4 Å². The zero-order valence-electron chi connectivity index (χ0n) is 12.5. The molecule has 0 aliphatic rings. The lowest BCUT2D eigenvalue weighted by atomic mass is 10.1. The predicted molar refractivity (Wildman–Crippen MR) is 81.3 cm³/mol. The second-order valence-corrected chi connectivity index (χ2v) is 6.12. The molecule has 0 unspecified atom stereocenters. The van der Waals surface area contributed by atoms with Crippen molar-refractivity contribution >= 4 is 28.2 Å². The Hall–Kier alpha value is -2.42. The molecule has 2 aromatic heterocycles. The van der Waals surface area contributed by atoms with Crippen LogP contribution < -0.4 is 0 Å². The Bertz CT molecular complexity index is 872. The summed E-state index contributed by atoms with van der Waals surface area (Å²) < 4.78 is 42.8. The van der Waals surface area contributed by atoms with Gasteiger partial charge in [-0.15, -0.1) is 11.3 Å². The van der Waals surface area contributed by atoms with E-state index in [0.717, 1.165) is 22.1 Å². The minimum absolute atomic E-state index is 0.00498. The van der Waals surface area contributed by atoms with Crippen molar-refractivity contribution in [3.05, 3.63) is 46.0 Å². The van der Waals surface area contributed by atoms with Crippen molar-refractivity contribution in [3.8, 4) is 0 Å². The number of likely N-dealkylation sites (N-methyl/N-ethyl adjacent to an activating group) is 1. The number of carbonyl (C=O) groups excluding carboxylic acids is 1. The summed E-state index contributed by atoms with van der Waals surface area (Å²) in [5.74, 6) is -0.280. The Morgan fingerprint density at radius 1 is 1.33 bits per heavy atom. The number of rotatable bonds is 4. The van der Waals surface area contributed by atoms with Gasteiger partial charge in [-0.25, -0.2) is 4.98 Å². The summed E-state index contributed by atoms with van der Waals surface area (Å²) in [5.41, 5.74) is 0.140. The number of para-hydroxylation sites is 1. The number of carbonyl (C=O) groups is 1. The number of hydrogen-bond acceptors (Lipinski definition) is 5. The second-order valence-electron chi connectivity index (χ2n) is 5.18. The Labute approximate surface area is 138 Å². The second kappa shape index (κ2) is 6.23. The minimum atomic E-state index is -4.48. The molecule has 0 N–H and O–H groups in total. The van der Waals surface area contributed by atoms with Crippen molar-refractivity contribution < 1.29 is 22.5 Å². The zero-order valence-corrected chi connectivity index (χ0v) is 13.3. The molecule has 3 rings (SSSR count). The topological polar surface area (TPSA) is 59.2 Å². The molecule has 126 valence electrons. The SMILES string of the molecule is CN(Cc1nc(C(F)(F)F)cs1)C(=O)Cc1noc2ccccc12. The molecule has 9 heteroatoms. The third kappa shape index (κ3) is 3.40. The van der Waals surface area contributed by atoms with Gasteiger partial charge in [0.25, 0.3) is 0 Å². The van der Waals surface area contributed by atoms with Gasteiger partial charge < -0.3 is 9.42 Å². The molecular weight excluding hydrogens is 343 g/mol. The molecule has 0 spiro atoms. The first-order chi connectivity index (χ1) is 11.3. The van der Waals surface area contributed by atoms with E-state index in [9.17, 15) is 18.0 Å². The van der Waals surface area contributed by atoms with E-state index >= 15 is 0 Å². The van der Waals surface area contributed by atoms with Crippen LogP contribution in [0.5, 0.6) is 0 Å². The fourth-order valence-corrected chi connectivity index (χ4v) is 3.00. The molecule has 24 heavy (non-hydrogen) atoms. The van der Waals surface area contributed by atoms with E-state index in [1.807, 2.05) is 6.07 Å². The van der Waals surface area contributed by atoms with Crippen LogP contribution in [-0.2, 0) is 23.9 Å². The van der Waals surface area contributed by atoms with Crippen molar-refractivity contribution in [1.82, 2.24) is 15.0 Å². The van der Waals surface area contributed by atoms with Gasteiger partial charge in [0, 0.05) is 17.8 Å². The normalized spacial score (nSPS) is 11.8. The first-order valence-corrected chi connectivity index (χ1v) is 7.81. The summed E-state index contributed by atoms with van der Waals surface area (Å²) in [6.45, 7) is 0.00929. The molecule has 5 nitrogen and oxygen atoms in total. The Morgan fingerprint density at radius 2 is 2.08 bits per heavy atom. The minimum Gasteiger partial charge on any atom is -0.356 e. The Balaban J connectivity index is 1.68. The van der Waals surface area contributed by atoms with Crippen LogP contribution >= 0.6 is 11.3 Å². The molecule has 1 aromatic carbocycles. The maximum atomic E-state index is 12.5. The lowest BCUT2D eigenvalue weighted by Gasteiger charge is -2.14. The zero-order chi connectivity index (χ0) is 17.3. The van der Waals surface area contributed by atoms with E-state index in [2.05, 4.69) is 10.1 Å². The highest BCUT2D eigenvalue weighted by atomic mass is 32.1. The molecule has 0 atom stereocenters. The molecule has 0 saturated heterocycles. The van der Waals surface area contributed by atoms with Gasteiger partial charge in [-0.1, -0.05) is 17.3 Å². The summed E-state index contributed by atoms with van der Waals surface area (Å²) in [5, 5.41) is 5.79. The molecule has 0 bridgehead atoms. The van der Waals surface area contributed by atoms with Gasteiger partial charge in [0.05, 0.1) is 13.0 Å². The van der Waals surface area contributed by atoms with Gasteiger partial charge in [0.15, 0.2) is 11.3 Å². The smallest absolute Gasteiger partial charge is 0.356 e. The van der Waals surface area contributed by atoms with E-state index in [4.69, 9.17) is 4.52 Å². The largest absolute Gasteiger partial charge is 0.434 e. The van der Waals surface area contributed by atoms with Gasteiger partial charge in [-0.2, -0.15) is 13.2 Å². The third-order valence-electron chi connectivity index (χ3n) is 3.41. The van der Waals surface area contributed by atoms with Crippen LogP contribution in [0.4, 0.5) is 13.2 Å². The highest BCUT2D eigenvalue weighted by Crippen LogP contribution is 2.30. The molecular formula is C15H12F3N3O2S. The van der Waals surface area contributed by atoms with Crippen LogP contribution in [0.15, 0.2) is 34.2 Å². The summed E-state index contributed by atoms with van der Waals surface area (Å²) in [4.78, 5) is 17.1. The summed E-state index contributed by atoms with van der Waals surface area (Å²) in [6.07, 6.45) is -4.47. The molecule has 0 fully saturated rings. The average Bonchev–Trinajstić information content (AvgIpc) is 3.14. The number of thiazole rings is 1. The van der Waals surface area contributed by atoms with Crippen molar-refractivity contribution in [2.75, 3.05) is 7.05 Å². The summed E-state index contributed by atoms with van der Waals surface area (Å²) in [7, 11) is 1.51. The van der Waals surface area contributed by atoms with E-state index < -0.39 is 11.9 Å². The van der Waals surface area contributed by atoms with Crippen LogP contribution in [0.25, 0.3) is 11.0 Å². The molecule has 0 aliphatic heterocycles. The fourth-order valence-electron chi connectivity index (χ4n) is 2.15. The lowest BCUT2D eigenvalue weighted by Crippen LogP contribution is -2.27. The molecule has 3 aromatic rings. The highest BCUT2D eigenvalue weighted by Gasteiger charge is 2.33. The lowest BCUT2D eigenvalue weighted by molar-refractivity contribution is -0.140.